The van der Waals surface area contributed by atoms with Crippen molar-refractivity contribution in [2.75, 3.05) is 26.8 Å². The summed E-state index contributed by atoms with van der Waals surface area (Å²) in [5.74, 6) is 1.15. The van der Waals surface area contributed by atoms with Gasteiger partial charge in [-0.1, -0.05) is 0 Å². The van der Waals surface area contributed by atoms with Crippen molar-refractivity contribution in [2.45, 2.75) is 6.10 Å². The Morgan fingerprint density at radius 3 is 2.90 bits per heavy atom. The SMILES string of the molecule is COc1cnc(C(=O)N2CCOC(c3ccco3)C2)nc1. The van der Waals surface area contributed by atoms with Crippen LogP contribution in [0.2, 0.25) is 0 Å². The van der Waals surface area contributed by atoms with E-state index in [4.69, 9.17) is 13.9 Å². The maximum atomic E-state index is 12.4. The zero-order valence-electron chi connectivity index (χ0n) is 11.6. The summed E-state index contributed by atoms with van der Waals surface area (Å²) in [6.45, 7) is 1.38. The van der Waals surface area contributed by atoms with Crippen LogP contribution in [0.5, 0.6) is 5.75 Å². The second-order valence-corrected chi connectivity index (χ2v) is 4.57. The fourth-order valence-corrected chi connectivity index (χ4v) is 2.15. The van der Waals surface area contributed by atoms with Gasteiger partial charge in [-0.2, -0.15) is 0 Å². The normalized spacial score (nSPS) is 18.5. The van der Waals surface area contributed by atoms with Crippen LogP contribution in [-0.4, -0.2) is 47.6 Å². The zero-order chi connectivity index (χ0) is 14.7. The van der Waals surface area contributed by atoms with Crippen LogP contribution in [0.4, 0.5) is 0 Å². The van der Waals surface area contributed by atoms with E-state index < -0.39 is 0 Å². The lowest BCUT2D eigenvalue weighted by Crippen LogP contribution is -2.42. The van der Waals surface area contributed by atoms with Crippen LogP contribution in [0.3, 0.4) is 0 Å². The Labute approximate surface area is 121 Å². The van der Waals surface area contributed by atoms with Gasteiger partial charge in [-0.25, -0.2) is 9.97 Å². The monoisotopic (exact) mass is 289 g/mol. The summed E-state index contributed by atoms with van der Waals surface area (Å²) in [6.07, 6.45) is 4.29. The van der Waals surface area contributed by atoms with Crippen LogP contribution in [0.25, 0.3) is 0 Å². The van der Waals surface area contributed by atoms with Crippen LogP contribution in [0, 0.1) is 0 Å². The van der Waals surface area contributed by atoms with Gasteiger partial charge in [-0.05, 0) is 12.1 Å². The molecule has 1 aliphatic rings. The molecule has 1 amide bonds. The van der Waals surface area contributed by atoms with Gasteiger partial charge in [-0.15, -0.1) is 0 Å². The van der Waals surface area contributed by atoms with Gasteiger partial charge >= 0.3 is 0 Å². The standard InChI is InChI=1S/C14H15N3O4/c1-19-10-7-15-13(16-8-10)14(18)17-4-6-21-12(9-17)11-3-2-5-20-11/h2-3,5,7-8,12H,4,6,9H2,1H3. The minimum absolute atomic E-state index is 0.149. The number of rotatable bonds is 3. The zero-order valence-corrected chi connectivity index (χ0v) is 11.6. The summed E-state index contributed by atoms with van der Waals surface area (Å²) in [7, 11) is 1.52. The molecule has 1 aliphatic heterocycles. The Kier molecular flexibility index (Phi) is 3.83. The highest BCUT2D eigenvalue weighted by Crippen LogP contribution is 2.23. The molecule has 0 bridgehead atoms. The summed E-state index contributed by atoms with van der Waals surface area (Å²) in [5.41, 5.74) is 0. The number of furan rings is 1. The molecule has 1 fully saturated rings. The highest BCUT2D eigenvalue weighted by atomic mass is 16.5. The first kappa shape index (κ1) is 13.6. The van der Waals surface area contributed by atoms with Crippen molar-refractivity contribution >= 4 is 5.91 Å². The lowest BCUT2D eigenvalue weighted by molar-refractivity contribution is -0.0324. The van der Waals surface area contributed by atoms with E-state index in [1.54, 1.807) is 17.2 Å². The molecule has 0 spiro atoms. The third-order valence-corrected chi connectivity index (χ3v) is 3.27. The molecule has 1 unspecified atom stereocenters. The number of amides is 1. The summed E-state index contributed by atoms with van der Waals surface area (Å²) in [5, 5.41) is 0. The molecule has 3 heterocycles. The molecular weight excluding hydrogens is 274 g/mol. The minimum atomic E-state index is -0.254. The molecule has 110 valence electrons. The van der Waals surface area contributed by atoms with Crippen LogP contribution >= 0.6 is 0 Å². The quantitative estimate of drug-likeness (QED) is 0.847. The predicted molar refractivity (Wildman–Crippen MR) is 71.9 cm³/mol. The number of ether oxygens (including phenoxy) is 2. The Morgan fingerprint density at radius 2 is 2.24 bits per heavy atom. The fourth-order valence-electron chi connectivity index (χ4n) is 2.15. The van der Waals surface area contributed by atoms with Gasteiger partial charge in [0.1, 0.15) is 11.9 Å². The van der Waals surface area contributed by atoms with E-state index in [-0.39, 0.29) is 17.8 Å². The third kappa shape index (κ3) is 2.87. The fraction of sp³-hybridized carbons (Fsp3) is 0.357. The molecule has 1 saturated heterocycles. The molecule has 0 aliphatic carbocycles. The Morgan fingerprint density at radius 1 is 1.43 bits per heavy atom. The predicted octanol–water partition coefficient (Wildman–Crippen LogP) is 1.29. The van der Waals surface area contributed by atoms with E-state index in [1.807, 2.05) is 6.07 Å². The Balaban J connectivity index is 1.71. The average Bonchev–Trinajstić information content (AvgIpc) is 3.09. The Bertz CT molecular complexity index is 597. The summed E-state index contributed by atoms with van der Waals surface area (Å²) >= 11 is 0. The summed E-state index contributed by atoms with van der Waals surface area (Å²) in [4.78, 5) is 22.1. The summed E-state index contributed by atoms with van der Waals surface area (Å²) < 4.78 is 15.9. The molecule has 2 aromatic heterocycles. The van der Waals surface area contributed by atoms with Crippen LogP contribution < -0.4 is 4.74 Å². The van der Waals surface area contributed by atoms with E-state index in [0.29, 0.717) is 31.2 Å². The van der Waals surface area contributed by atoms with Crippen molar-refractivity contribution in [1.82, 2.24) is 14.9 Å². The van der Waals surface area contributed by atoms with Crippen molar-refractivity contribution in [3.05, 3.63) is 42.4 Å². The van der Waals surface area contributed by atoms with E-state index in [9.17, 15) is 4.79 Å². The first-order chi connectivity index (χ1) is 10.3. The van der Waals surface area contributed by atoms with Gasteiger partial charge in [0.15, 0.2) is 5.75 Å². The van der Waals surface area contributed by atoms with E-state index in [0.717, 1.165) is 0 Å². The molecule has 2 aromatic rings. The van der Waals surface area contributed by atoms with E-state index in [1.165, 1.54) is 19.5 Å². The second-order valence-electron chi connectivity index (χ2n) is 4.57. The smallest absolute Gasteiger partial charge is 0.291 e. The molecular formula is C14H15N3O4. The molecule has 0 aromatic carbocycles. The maximum Gasteiger partial charge on any atom is 0.291 e. The molecule has 0 N–H and O–H groups in total. The number of carbonyl (C=O) groups is 1. The molecule has 7 heteroatoms. The number of hydrogen-bond donors (Lipinski definition) is 0. The van der Waals surface area contributed by atoms with E-state index >= 15 is 0 Å². The van der Waals surface area contributed by atoms with Gasteiger partial charge in [0, 0.05) is 6.54 Å². The second kappa shape index (κ2) is 5.92. The molecule has 0 radical (unpaired) electrons. The van der Waals surface area contributed by atoms with Crippen molar-refractivity contribution in [3.8, 4) is 5.75 Å². The van der Waals surface area contributed by atoms with Crippen LogP contribution in [0.1, 0.15) is 22.5 Å². The number of morpholine rings is 1. The lowest BCUT2D eigenvalue weighted by atomic mass is 10.2. The van der Waals surface area contributed by atoms with Gasteiger partial charge < -0.3 is 18.8 Å². The highest BCUT2D eigenvalue weighted by Gasteiger charge is 2.28. The summed E-state index contributed by atoms with van der Waals surface area (Å²) in [6, 6.07) is 3.63. The van der Waals surface area contributed by atoms with Crippen molar-refractivity contribution < 1.29 is 18.7 Å². The maximum absolute atomic E-state index is 12.4. The van der Waals surface area contributed by atoms with Gasteiger partial charge in [0.05, 0.1) is 38.9 Å². The van der Waals surface area contributed by atoms with Gasteiger partial charge in [0.25, 0.3) is 5.91 Å². The van der Waals surface area contributed by atoms with Crippen LogP contribution in [0.15, 0.2) is 35.2 Å². The van der Waals surface area contributed by atoms with Gasteiger partial charge in [-0.3, -0.25) is 4.79 Å². The highest BCUT2D eigenvalue weighted by molar-refractivity contribution is 5.90. The van der Waals surface area contributed by atoms with Crippen molar-refractivity contribution in [3.63, 3.8) is 0 Å². The van der Waals surface area contributed by atoms with E-state index in [2.05, 4.69) is 9.97 Å². The molecule has 7 nitrogen and oxygen atoms in total. The van der Waals surface area contributed by atoms with Gasteiger partial charge in [0.2, 0.25) is 5.82 Å². The topological polar surface area (TPSA) is 77.7 Å². The largest absolute Gasteiger partial charge is 0.494 e. The first-order valence-corrected chi connectivity index (χ1v) is 6.58. The number of nitrogens with zero attached hydrogens (tertiary/aromatic N) is 3. The number of hydrogen-bond acceptors (Lipinski definition) is 6. The van der Waals surface area contributed by atoms with Crippen molar-refractivity contribution in [1.29, 1.82) is 0 Å². The average molecular weight is 289 g/mol. The Hall–Kier alpha value is -2.41. The van der Waals surface area contributed by atoms with Crippen LogP contribution in [-0.2, 0) is 4.74 Å². The first-order valence-electron chi connectivity index (χ1n) is 6.58. The molecule has 0 saturated carbocycles. The third-order valence-electron chi connectivity index (χ3n) is 3.27. The number of aromatic nitrogens is 2. The molecule has 1 atom stereocenters. The number of methoxy groups -OCH3 is 1. The number of carbonyl (C=O) groups excluding carboxylic acids is 1. The lowest BCUT2D eigenvalue weighted by Gasteiger charge is -2.31. The molecule has 3 rings (SSSR count). The van der Waals surface area contributed by atoms with Crippen molar-refractivity contribution in [2.24, 2.45) is 0 Å². The molecule has 21 heavy (non-hydrogen) atoms. The minimum Gasteiger partial charge on any atom is -0.494 e.